The summed E-state index contributed by atoms with van der Waals surface area (Å²) >= 11 is 23.8. The van der Waals surface area contributed by atoms with E-state index in [9.17, 15) is 43.8 Å². The summed E-state index contributed by atoms with van der Waals surface area (Å²) in [6.45, 7) is 15.6. The second-order valence-electron chi connectivity index (χ2n) is 22.8. The van der Waals surface area contributed by atoms with Crippen LogP contribution in [0.2, 0.25) is 20.1 Å². The van der Waals surface area contributed by atoms with Crippen molar-refractivity contribution in [1.29, 1.82) is 0 Å². The van der Waals surface area contributed by atoms with Gasteiger partial charge in [0.1, 0.15) is 11.5 Å². The smallest absolute Gasteiger partial charge is 0.330 e. The number of nitrogen functional groups attached to an aromatic ring is 1. The molecule has 1 fully saturated rings. The fourth-order valence-corrected chi connectivity index (χ4v) is 9.64. The van der Waals surface area contributed by atoms with Crippen LogP contribution in [-0.4, -0.2) is 108 Å². The van der Waals surface area contributed by atoms with Crippen molar-refractivity contribution in [2.75, 3.05) is 30.6 Å². The summed E-state index contributed by atoms with van der Waals surface area (Å²) in [7, 11) is 3.15. The lowest BCUT2D eigenvalue weighted by Crippen LogP contribution is -2.27. The van der Waals surface area contributed by atoms with Crippen LogP contribution in [0.15, 0.2) is 127 Å². The zero-order valence-electron chi connectivity index (χ0n) is 54.1. The van der Waals surface area contributed by atoms with Crippen molar-refractivity contribution in [3.05, 3.63) is 170 Å². The number of nitrogens with two attached hydrogens (primary N) is 1. The van der Waals surface area contributed by atoms with Crippen molar-refractivity contribution in [3.8, 4) is 22.8 Å². The number of aliphatic hydroxyl groups is 2. The van der Waals surface area contributed by atoms with Crippen LogP contribution in [0.25, 0.3) is 22.2 Å². The van der Waals surface area contributed by atoms with Gasteiger partial charge in [-0.1, -0.05) is 94.2 Å². The number of aromatic nitrogens is 1. The fraction of sp³-hybridized carbons (Fsp3) is 0.375. The first-order valence-corrected chi connectivity index (χ1v) is 31.2. The molecular formula is C72H90BCl4N4O14. The third kappa shape index (κ3) is 28.1. The van der Waals surface area contributed by atoms with Crippen LogP contribution in [0.1, 0.15) is 165 Å². The molecule has 1 amide bonds. The Morgan fingerprint density at radius 1 is 0.695 bits per heavy atom. The van der Waals surface area contributed by atoms with Gasteiger partial charge in [-0.15, -0.1) is 0 Å². The van der Waals surface area contributed by atoms with Crippen LogP contribution in [0, 0.1) is 5.41 Å². The molecule has 2 heterocycles. The molecule has 0 saturated carbocycles. The molecule has 1 aliphatic heterocycles. The molecule has 8 rings (SSSR count). The number of Topliss-reactive ketones (excluding diaryl/α,β-unsaturated/α-hetero) is 2. The van der Waals surface area contributed by atoms with E-state index in [4.69, 9.17) is 76.2 Å². The molecule has 0 spiro atoms. The van der Waals surface area contributed by atoms with E-state index in [0.29, 0.717) is 86.0 Å². The Bertz CT molecular complexity index is 3630. The Kier molecular flexibility index (Phi) is 36.9. The van der Waals surface area contributed by atoms with Crippen LogP contribution in [0.4, 0.5) is 17.1 Å². The van der Waals surface area contributed by atoms with Gasteiger partial charge in [0, 0.05) is 101 Å². The van der Waals surface area contributed by atoms with Crippen molar-refractivity contribution in [2.45, 2.75) is 159 Å². The minimum atomic E-state index is -1.09. The number of carboxylic acid groups (broad SMARTS) is 1. The fourth-order valence-electron chi connectivity index (χ4n) is 9.00. The highest BCUT2D eigenvalue weighted by molar-refractivity contribution is 6.32. The van der Waals surface area contributed by atoms with Crippen LogP contribution in [-0.2, 0) is 35.1 Å². The first-order chi connectivity index (χ1) is 43.3. The number of anilines is 3. The highest BCUT2D eigenvalue weighted by Crippen LogP contribution is 2.38. The van der Waals surface area contributed by atoms with Crippen molar-refractivity contribution >= 4 is 124 Å². The third-order valence-corrected chi connectivity index (χ3v) is 14.9. The standard InChI is InChI=1S/C23H24ClNO4.C20H22ClNO5.C11H14ClNO2.C11H14ClNO.C5H8O2.2CH4.B/c1-14(29-16(3)27)5-11-20-21-13-18(24)8-12-22(21)25(15(2)26)23(20)17-6-9-19(28-4)10-7-17;1-12(23)3-10-18(24)16-11-14(21)6-9-17(16)22-19(20(25)26)13-4-7-15(27-2)8-5-13;1-7(14)2-5-11(15)9-6-8(12)3-4-10(9)13;1-11(2,3)10(14)13-9-6-4-8(12)5-7-9;1-4-2-3-5(6)7-4;;;/h6-10,12-14H,5,11H2,1-4H3;4-9,11-12,19,22-23H,3,10H2,1-2H3,(H,25,26);3-4,6-7,14H,2,5,13H2,1H3;4-7H,1-3H3,(H,13,14);4H,2-3H2,1H3;2*1H4;. The van der Waals surface area contributed by atoms with Gasteiger partial charge in [-0.2, -0.15) is 0 Å². The summed E-state index contributed by atoms with van der Waals surface area (Å²) in [6.07, 6.45) is 2.80. The monoisotopic (exact) mass is 1390 g/mol. The van der Waals surface area contributed by atoms with E-state index < -0.39 is 24.2 Å². The predicted molar refractivity (Wildman–Crippen MR) is 383 cm³/mol. The number of aryl methyl sites for hydroxylation is 1. The molecule has 7 aromatic rings. The molecule has 7 N–H and O–H groups in total. The average molecular weight is 1390 g/mol. The number of cyclic esters (lactones) is 1. The number of nitrogens with zero attached hydrogens (tertiary/aromatic N) is 1. The predicted octanol–water partition coefficient (Wildman–Crippen LogP) is 16.6. The van der Waals surface area contributed by atoms with Gasteiger partial charge in [-0.3, -0.25) is 33.3 Å². The van der Waals surface area contributed by atoms with Crippen molar-refractivity contribution in [2.24, 2.45) is 5.41 Å². The molecular weight excluding hydrogens is 1300 g/mol. The van der Waals surface area contributed by atoms with Gasteiger partial charge in [-0.25, -0.2) is 4.79 Å². The lowest BCUT2D eigenvalue weighted by atomic mass is 9.95. The molecule has 5 atom stereocenters. The Labute approximate surface area is 580 Å². The summed E-state index contributed by atoms with van der Waals surface area (Å²) in [5.41, 5.74) is 11.6. The zero-order valence-corrected chi connectivity index (χ0v) is 57.1. The SMILES string of the molecule is C.C.CC(C)(C)C(=O)Nc1ccc(Cl)cc1.CC(O)CCC(=O)c1cc(Cl)ccc1N.CC1CCC(=O)O1.COc1ccc(-c2c(CCC(C)OC(C)=O)c3cc(Cl)ccc3n2C(C)=O)cc1.COc1ccc(C(Nc2ccc(Cl)cc2C(=O)CCC(C)O)C(=O)O)cc1.[B]. The van der Waals surface area contributed by atoms with E-state index in [1.807, 2.05) is 71.0 Å². The Balaban J connectivity index is 0.000000628. The molecule has 95 heavy (non-hydrogen) atoms. The van der Waals surface area contributed by atoms with E-state index in [0.717, 1.165) is 45.6 Å². The van der Waals surface area contributed by atoms with E-state index in [1.165, 1.54) is 20.1 Å². The van der Waals surface area contributed by atoms with Gasteiger partial charge in [-0.05, 0) is 192 Å². The topological polar surface area (TPSA) is 272 Å². The number of rotatable bonds is 20. The number of amides is 1. The molecule has 6 aromatic carbocycles. The number of esters is 2. The summed E-state index contributed by atoms with van der Waals surface area (Å²) in [6, 6.07) is 35.3. The van der Waals surface area contributed by atoms with Crippen LogP contribution >= 0.6 is 46.4 Å². The zero-order chi connectivity index (χ0) is 68.6. The largest absolute Gasteiger partial charge is 0.497 e. The maximum Gasteiger partial charge on any atom is 0.330 e. The summed E-state index contributed by atoms with van der Waals surface area (Å²) < 4.78 is 22.1. The highest BCUT2D eigenvalue weighted by atomic mass is 35.5. The Morgan fingerprint density at radius 2 is 1.19 bits per heavy atom. The van der Waals surface area contributed by atoms with E-state index in [2.05, 4.69) is 10.6 Å². The van der Waals surface area contributed by atoms with Crippen molar-refractivity contribution in [1.82, 2.24) is 4.57 Å². The third-order valence-electron chi connectivity index (χ3n) is 13.9. The Morgan fingerprint density at radius 3 is 1.65 bits per heavy atom. The number of carbonyl (C=O) groups excluding carboxylic acids is 6. The number of ketones is 2. The second kappa shape index (κ2) is 41.1. The molecule has 1 saturated heterocycles. The van der Waals surface area contributed by atoms with E-state index in [-0.39, 0.29) is 89.1 Å². The molecule has 0 bridgehead atoms. The Hall–Kier alpha value is -7.91. The van der Waals surface area contributed by atoms with E-state index in [1.54, 1.807) is 117 Å². The van der Waals surface area contributed by atoms with Gasteiger partial charge >= 0.3 is 17.9 Å². The number of fused-ring (bicyclic) bond motifs is 1. The normalized spacial score (nSPS) is 13.2. The molecule has 0 aliphatic carbocycles. The van der Waals surface area contributed by atoms with Gasteiger partial charge < -0.3 is 50.6 Å². The lowest BCUT2D eigenvalue weighted by Gasteiger charge is -2.19. The van der Waals surface area contributed by atoms with Crippen LogP contribution in [0.3, 0.4) is 0 Å². The highest BCUT2D eigenvalue weighted by Gasteiger charge is 2.26. The first-order valence-electron chi connectivity index (χ1n) is 29.6. The van der Waals surface area contributed by atoms with Crippen molar-refractivity contribution < 1.29 is 67.8 Å². The quantitative estimate of drug-likeness (QED) is 0.0179. The number of halogens is 4. The molecule has 3 radical (unpaired) electrons. The number of methoxy groups -OCH3 is 2. The van der Waals surface area contributed by atoms with E-state index >= 15 is 0 Å². The molecule has 1 aliphatic rings. The maximum atomic E-state index is 12.6. The molecule has 5 unspecified atom stereocenters. The van der Waals surface area contributed by atoms with Gasteiger partial charge in [0.05, 0.1) is 49.8 Å². The summed E-state index contributed by atoms with van der Waals surface area (Å²) in [4.78, 5) is 81.6. The summed E-state index contributed by atoms with van der Waals surface area (Å²) in [5, 5.41) is 36.9. The summed E-state index contributed by atoms with van der Waals surface area (Å²) in [5.74, 6) is -0.472. The second-order valence-corrected chi connectivity index (χ2v) is 24.6. The molecule has 23 heteroatoms. The number of benzene rings is 6. The minimum absolute atomic E-state index is 0. The number of hydrogen-bond acceptors (Lipinski definition) is 15. The molecule has 18 nitrogen and oxygen atoms in total. The van der Waals surface area contributed by atoms with Crippen LogP contribution < -0.4 is 25.8 Å². The van der Waals surface area contributed by atoms with Gasteiger partial charge in [0.25, 0.3) is 0 Å². The number of carbonyl (C=O) groups is 7. The molecule has 513 valence electrons. The van der Waals surface area contributed by atoms with Crippen molar-refractivity contribution in [3.63, 3.8) is 0 Å². The average Bonchev–Trinajstić information content (AvgIpc) is 1.60. The maximum absolute atomic E-state index is 12.6. The lowest BCUT2D eigenvalue weighted by molar-refractivity contribution is -0.146. The van der Waals surface area contributed by atoms with Gasteiger partial charge in [0.2, 0.25) is 11.8 Å². The molecule has 1 aromatic heterocycles. The van der Waals surface area contributed by atoms with Gasteiger partial charge in [0.15, 0.2) is 17.6 Å². The number of aliphatic carboxylic acids is 1. The number of nitrogens with one attached hydrogen (secondary N) is 2. The first kappa shape index (κ1) is 85.1. The number of aliphatic hydroxyl groups excluding tert-OH is 2. The van der Waals surface area contributed by atoms with Crippen LogP contribution in [0.5, 0.6) is 11.5 Å². The minimum Gasteiger partial charge on any atom is -0.497 e. The number of ether oxygens (including phenoxy) is 4. The number of carboxylic acids is 1. The number of hydrogen-bond donors (Lipinski definition) is 6.